The molecule has 0 saturated carbocycles. The van der Waals surface area contributed by atoms with Gasteiger partial charge in [0.2, 0.25) is 0 Å². The predicted octanol–water partition coefficient (Wildman–Crippen LogP) is 3.48. The highest BCUT2D eigenvalue weighted by atomic mass is 32.1. The molecule has 2 aromatic heterocycles. The van der Waals surface area contributed by atoms with Gasteiger partial charge < -0.3 is 10.1 Å². The number of hydrogen-bond acceptors (Lipinski definition) is 6. The summed E-state index contributed by atoms with van der Waals surface area (Å²) < 4.78 is 19.8. The first kappa shape index (κ1) is 19.1. The number of ketones is 1. The van der Waals surface area contributed by atoms with Crippen LogP contribution >= 0.6 is 11.3 Å². The summed E-state index contributed by atoms with van der Waals surface area (Å²) in [5.74, 6) is -0.493. The molecule has 1 amide bonds. The minimum atomic E-state index is -0.365. The van der Waals surface area contributed by atoms with E-state index in [0.29, 0.717) is 38.3 Å². The second-order valence-electron chi connectivity index (χ2n) is 6.99. The van der Waals surface area contributed by atoms with Gasteiger partial charge in [-0.15, -0.1) is 11.3 Å². The van der Waals surface area contributed by atoms with E-state index >= 15 is 0 Å². The molecule has 3 heterocycles. The molecule has 0 fully saturated rings. The Morgan fingerprint density at radius 3 is 2.81 bits per heavy atom. The Labute approximate surface area is 178 Å². The predicted molar refractivity (Wildman–Crippen MR) is 114 cm³/mol. The van der Waals surface area contributed by atoms with E-state index in [4.69, 9.17) is 4.74 Å². The molecule has 7 nitrogen and oxygen atoms in total. The maximum atomic E-state index is 13.3. The maximum Gasteiger partial charge on any atom is 0.263 e. The Bertz CT molecular complexity index is 1410. The molecule has 0 aliphatic carbocycles. The van der Waals surface area contributed by atoms with Crippen molar-refractivity contribution in [2.45, 2.75) is 6.54 Å². The number of rotatable bonds is 4. The average molecular weight is 435 g/mol. The van der Waals surface area contributed by atoms with Crippen molar-refractivity contribution in [2.24, 2.45) is 0 Å². The number of nitrogens with one attached hydrogen (secondary N) is 1. The van der Waals surface area contributed by atoms with E-state index in [2.05, 4.69) is 10.3 Å². The van der Waals surface area contributed by atoms with Gasteiger partial charge in [0, 0.05) is 16.5 Å². The summed E-state index contributed by atoms with van der Waals surface area (Å²) in [5.41, 5.74) is 1.74. The minimum absolute atomic E-state index is 0.0710. The molecule has 5 rings (SSSR count). The summed E-state index contributed by atoms with van der Waals surface area (Å²) in [4.78, 5) is 42.3. The van der Waals surface area contributed by atoms with Crippen LogP contribution < -0.4 is 15.6 Å². The number of carbonyl (C=O) groups excluding carboxylic acids is 2. The number of Topliss-reactive ketones (excluding diaryl/α,β-unsaturated/α-hetero) is 1. The van der Waals surface area contributed by atoms with Crippen LogP contribution in [0.25, 0.3) is 21.3 Å². The van der Waals surface area contributed by atoms with E-state index in [0.717, 1.165) is 0 Å². The van der Waals surface area contributed by atoms with Gasteiger partial charge in [-0.05, 0) is 35.9 Å². The summed E-state index contributed by atoms with van der Waals surface area (Å²) in [6, 6.07) is 10.6. The van der Waals surface area contributed by atoms with Crippen LogP contribution in [-0.4, -0.2) is 27.8 Å². The molecule has 0 spiro atoms. The molecule has 0 atom stereocenters. The number of aromatic nitrogens is 2. The topological polar surface area (TPSA) is 90.3 Å². The molecular weight excluding hydrogens is 421 g/mol. The number of hydrogen-bond donors (Lipinski definition) is 1. The Kier molecular flexibility index (Phi) is 4.59. The fraction of sp³-hybridized carbons (Fsp3) is 0.0909. The van der Waals surface area contributed by atoms with Crippen molar-refractivity contribution in [1.82, 2.24) is 9.55 Å². The van der Waals surface area contributed by atoms with E-state index in [9.17, 15) is 18.8 Å². The third-order valence-corrected chi connectivity index (χ3v) is 5.85. The van der Waals surface area contributed by atoms with Gasteiger partial charge >= 0.3 is 0 Å². The van der Waals surface area contributed by atoms with Gasteiger partial charge in [-0.25, -0.2) is 9.37 Å². The van der Waals surface area contributed by atoms with Crippen LogP contribution in [0.2, 0.25) is 0 Å². The Morgan fingerprint density at radius 1 is 1.19 bits per heavy atom. The average Bonchev–Trinajstić information content (AvgIpc) is 3.20. The third-order valence-electron chi connectivity index (χ3n) is 4.96. The fourth-order valence-electron chi connectivity index (χ4n) is 3.42. The molecule has 0 unspecified atom stereocenters. The lowest BCUT2D eigenvalue weighted by Crippen LogP contribution is -2.26. The lowest BCUT2D eigenvalue weighted by molar-refractivity contribution is -0.118. The molecule has 1 aliphatic rings. The molecule has 31 heavy (non-hydrogen) atoms. The standard InChI is InChI=1S/C22H14FN3O4S/c23-14-4-1-12(2-5-14)15-10-31-21-20(15)22(29)26(11-24-21)8-17(27)13-3-6-18-16(7-13)25-19(28)9-30-18/h1-7,10-11H,8-9H2,(H,25,28). The van der Waals surface area contributed by atoms with E-state index in [1.807, 2.05) is 0 Å². The molecule has 0 saturated heterocycles. The van der Waals surface area contributed by atoms with Crippen molar-refractivity contribution in [3.8, 4) is 16.9 Å². The molecular formula is C22H14FN3O4S. The zero-order chi connectivity index (χ0) is 21.5. The van der Waals surface area contributed by atoms with Crippen LogP contribution in [0.4, 0.5) is 10.1 Å². The number of anilines is 1. The first-order chi connectivity index (χ1) is 15.0. The van der Waals surface area contributed by atoms with Gasteiger partial charge in [0.1, 0.15) is 16.4 Å². The van der Waals surface area contributed by atoms with Crippen molar-refractivity contribution < 1.29 is 18.7 Å². The Morgan fingerprint density at radius 2 is 2.00 bits per heavy atom. The molecule has 154 valence electrons. The Hall–Kier alpha value is -3.85. The van der Waals surface area contributed by atoms with Gasteiger partial charge in [-0.2, -0.15) is 0 Å². The third kappa shape index (κ3) is 3.49. The molecule has 9 heteroatoms. The smallest absolute Gasteiger partial charge is 0.263 e. The van der Waals surface area contributed by atoms with Crippen LogP contribution in [0.5, 0.6) is 5.75 Å². The van der Waals surface area contributed by atoms with Crippen molar-refractivity contribution in [1.29, 1.82) is 0 Å². The van der Waals surface area contributed by atoms with E-state index in [1.165, 1.54) is 40.4 Å². The second kappa shape index (κ2) is 7.44. The highest BCUT2D eigenvalue weighted by Crippen LogP contribution is 2.31. The first-order valence-corrected chi connectivity index (χ1v) is 10.2. The lowest BCUT2D eigenvalue weighted by atomic mass is 10.1. The summed E-state index contributed by atoms with van der Waals surface area (Å²) in [7, 11) is 0. The maximum absolute atomic E-state index is 13.3. The summed E-state index contributed by atoms with van der Waals surface area (Å²) in [6.07, 6.45) is 1.34. The van der Waals surface area contributed by atoms with Crippen LogP contribution in [0.15, 0.2) is 59.0 Å². The number of thiophene rings is 1. The van der Waals surface area contributed by atoms with E-state index in [1.54, 1.807) is 29.6 Å². The monoisotopic (exact) mass is 435 g/mol. The number of nitrogens with zero attached hydrogens (tertiary/aromatic N) is 2. The normalized spacial score (nSPS) is 12.9. The van der Waals surface area contributed by atoms with Gasteiger partial charge in [0.05, 0.1) is 23.9 Å². The first-order valence-electron chi connectivity index (χ1n) is 9.32. The van der Waals surface area contributed by atoms with E-state index < -0.39 is 0 Å². The van der Waals surface area contributed by atoms with Gasteiger partial charge in [0.15, 0.2) is 12.4 Å². The quantitative estimate of drug-likeness (QED) is 0.496. The van der Waals surface area contributed by atoms with Crippen LogP contribution in [0.3, 0.4) is 0 Å². The molecule has 0 bridgehead atoms. The molecule has 4 aromatic rings. The van der Waals surface area contributed by atoms with Gasteiger partial charge in [0.25, 0.3) is 11.5 Å². The SMILES string of the molecule is O=C1COc2ccc(C(=O)Cn3cnc4scc(-c5ccc(F)cc5)c4c3=O)cc2N1. The Balaban J connectivity index is 1.49. The number of amides is 1. The summed E-state index contributed by atoms with van der Waals surface area (Å²) in [5, 5.41) is 4.84. The van der Waals surface area contributed by atoms with Crippen molar-refractivity contribution in [2.75, 3.05) is 11.9 Å². The molecule has 1 aliphatic heterocycles. The van der Waals surface area contributed by atoms with Crippen molar-refractivity contribution in [3.05, 3.63) is 75.9 Å². The molecule has 0 radical (unpaired) electrons. The number of fused-ring (bicyclic) bond motifs is 2. The number of benzene rings is 2. The largest absolute Gasteiger partial charge is 0.482 e. The minimum Gasteiger partial charge on any atom is -0.482 e. The molecule has 1 N–H and O–H groups in total. The highest BCUT2D eigenvalue weighted by Gasteiger charge is 2.19. The van der Waals surface area contributed by atoms with Crippen LogP contribution in [-0.2, 0) is 11.3 Å². The number of halogens is 1. The van der Waals surface area contributed by atoms with Gasteiger partial charge in [-0.3, -0.25) is 19.0 Å². The summed E-state index contributed by atoms with van der Waals surface area (Å²) in [6.45, 7) is -0.285. The highest BCUT2D eigenvalue weighted by molar-refractivity contribution is 7.17. The molecule has 2 aromatic carbocycles. The van der Waals surface area contributed by atoms with Crippen molar-refractivity contribution >= 4 is 38.9 Å². The van der Waals surface area contributed by atoms with Crippen LogP contribution in [0.1, 0.15) is 10.4 Å². The zero-order valence-corrected chi connectivity index (χ0v) is 16.7. The summed E-state index contributed by atoms with van der Waals surface area (Å²) >= 11 is 1.31. The lowest BCUT2D eigenvalue weighted by Gasteiger charge is -2.18. The zero-order valence-electron chi connectivity index (χ0n) is 15.9. The number of ether oxygens (including phenoxy) is 1. The van der Waals surface area contributed by atoms with E-state index in [-0.39, 0.29) is 36.2 Å². The fourth-order valence-corrected chi connectivity index (χ4v) is 4.33. The number of carbonyl (C=O) groups is 2. The second-order valence-corrected chi connectivity index (χ2v) is 7.84. The van der Waals surface area contributed by atoms with Gasteiger partial charge in [-0.1, -0.05) is 12.1 Å². The van der Waals surface area contributed by atoms with Crippen LogP contribution in [0, 0.1) is 5.82 Å². The van der Waals surface area contributed by atoms with Crippen molar-refractivity contribution in [3.63, 3.8) is 0 Å².